The molecule has 0 aliphatic rings. The predicted octanol–water partition coefficient (Wildman–Crippen LogP) is 0.818. The van der Waals surface area contributed by atoms with Crippen molar-refractivity contribution in [3.63, 3.8) is 0 Å². The normalized spacial score (nSPS) is 16.3. The molecule has 0 saturated carbocycles. The first-order chi connectivity index (χ1) is 5.12. The fourth-order valence-electron chi connectivity index (χ4n) is 0.722. The third kappa shape index (κ3) is 6.51. The van der Waals surface area contributed by atoms with Crippen LogP contribution in [0.25, 0.3) is 0 Å². The Morgan fingerprint density at radius 3 is 2.73 bits per heavy atom. The molecule has 0 rings (SSSR count). The zero-order valence-electron chi connectivity index (χ0n) is 7.04. The van der Waals surface area contributed by atoms with Gasteiger partial charge in [-0.15, -0.1) is 0 Å². The van der Waals surface area contributed by atoms with E-state index >= 15 is 0 Å². The zero-order valence-corrected chi connectivity index (χ0v) is 7.93. The largest absolute Gasteiger partial charge is 0.328 e. The number of hydrogen-bond acceptors (Lipinski definition) is 3. The fourth-order valence-corrected chi connectivity index (χ4v) is 1.81. The molecule has 0 fully saturated rings. The maximum absolute atomic E-state index is 11.0. The van der Waals surface area contributed by atoms with Gasteiger partial charge < -0.3 is 14.7 Å². The first kappa shape index (κ1) is 11.1. The van der Waals surface area contributed by atoms with Crippen LogP contribution in [0.4, 0.5) is 0 Å². The summed E-state index contributed by atoms with van der Waals surface area (Å²) in [5.41, 5.74) is 0. The molecule has 0 spiro atoms. The summed E-state index contributed by atoms with van der Waals surface area (Å²) in [6, 6.07) is 0. The summed E-state index contributed by atoms with van der Waals surface area (Å²) in [7, 11) is -1.45. The molecule has 0 radical (unpaired) electrons. The van der Waals surface area contributed by atoms with Crippen molar-refractivity contribution in [3.05, 3.63) is 0 Å². The second kappa shape index (κ2) is 5.72. The van der Waals surface area contributed by atoms with E-state index in [1.807, 2.05) is 7.05 Å². The van der Waals surface area contributed by atoms with E-state index < -0.39 is 7.60 Å². The van der Waals surface area contributed by atoms with Crippen molar-refractivity contribution in [2.24, 2.45) is 0 Å². The summed E-state index contributed by atoms with van der Waals surface area (Å²) in [4.78, 5) is 9.05. The van der Waals surface area contributed by atoms with Gasteiger partial charge in [-0.05, 0) is 26.9 Å². The average Bonchev–Trinajstić information content (AvgIpc) is 1.87. The van der Waals surface area contributed by atoms with Crippen LogP contribution in [0.3, 0.4) is 0 Å². The smallest absolute Gasteiger partial charge is 0.324 e. The maximum atomic E-state index is 11.0. The standard InChI is InChI=1S/C6H16NO3P/c1-3-10-11(8,9)6-4-5-7-2/h7H,3-6H2,1-2H3,(H,8,9). The lowest BCUT2D eigenvalue weighted by Gasteiger charge is -2.09. The average molecular weight is 181 g/mol. The van der Waals surface area contributed by atoms with Gasteiger partial charge in [-0.25, -0.2) is 0 Å². The monoisotopic (exact) mass is 181 g/mol. The molecule has 0 aliphatic carbocycles. The quantitative estimate of drug-likeness (QED) is 0.470. The lowest BCUT2D eigenvalue weighted by atomic mass is 10.5. The minimum absolute atomic E-state index is 0.238. The Morgan fingerprint density at radius 1 is 1.64 bits per heavy atom. The predicted molar refractivity (Wildman–Crippen MR) is 44.9 cm³/mol. The van der Waals surface area contributed by atoms with E-state index in [0.717, 1.165) is 6.54 Å². The molecule has 0 aliphatic heterocycles. The first-order valence-corrected chi connectivity index (χ1v) is 5.49. The van der Waals surface area contributed by atoms with Crippen LogP contribution in [0.2, 0.25) is 0 Å². The van der Waals surface area contributed by atoms with Crippen LogP contribution in [0.1, 0.15) is 13.3 Å². The molecule has 0 aromatic heterocycles. The highest BCUT2D eigenvalue weighted by atomic mass is 31.2. The van der Waals surface area contributed by atoms with E-state index in [2.05, 4.69) is 9.84 Å². The van der Waals surface area contributed by atoms with Gasteiger partial charge in [-0.3, -0.25) is 4.57 Å². The van der Waals surface area contributed by atoms with Gasteiger partial charge in [-0.1, -0.05) is 0 Å². The van der Waals surface area contributed by atoms with Gasteiger partial charge >= 0.3 is 7.60 Å². The second-order valence-electron chi connectivity index (χ2n) is 2.24. The molecule has 1 atom stereocenters. The summed E-state index contributed by atoms with van der Waals surface area (Å²) in [5.74, 6) is 0. The van der Waals surface area contributed by atoms with Gasteiger partial charge in [0.2, 0.25) is 0 Å². The molecule has 0 saturated heterocycles. The molecule has 0 heterocycles. The van der Waals surface area contributed by atoms with E-state index in [0.29, 0.717) is 13.0 Å². The highest BCUT2D eigenvalue weighted by Crippen LogP contribution is 2.41. The number of rotatable bonds is 6. The van der Waals surface area contributed by atoms with Crippen LogP contribution in [0.5, 0.6) is 0 Å². The Balaban J connectivity index is 3.47. The lowest BCUT2D eigenvalue weighted by molar-refractivity contribution is 0.273. The lowest BCUT2D eigenvalue weighted by Crippen LogP contribution is -2.09. The Hall–Kier alpha value is 0.110. The molecule has 2 N–H and O–H groups in total. The third-order valence-corrected chi connectivity index (χ3v) is 2.74. The minimum atomic E-state index is -3.26. The van der Waals surface area contributed by atoms with Crippen molar-refractivity contribution in [1.82, 2.24) is 5.32 Å². The molecule has 0 aromatic carbocycles. The summed E-state index contributed by atoms with van der Waals surface area (Å²) in [6.07, 6.45) is 0.909. The summed E-state index contributed by atoms with van der Waals surface area (Å²) in [5, 5.41) is 2.89. The fraction of sp³-hybridized carbons (Fsp3) is 1.00. The van der Waals surface area contributed by atoms with Crippen LogP contribution in [-0.4, -0.2) is 31.3 Å². The Kier molecular flexibility index (Phi) is 5.78. The van der Waals surface area contributed by atoms with Crippen molar-refractivity contribution in [2.45, 2.75) is 13.3 Å². The molecule has 0 aromatic rings. The van der Waals surface area contributed by atoms with E-state index in [1.165, 1.54) is 0 Å². The van der Waals surface area contributed by atoms with Crippen LogP contribution in [0.15, 0.2) is 0 Å². The summed E-state index contributed by atoms with van der Waals surface area (Å²) >= 11 is 0. The van der Waals surface area contributed by atoms with Gasteiger partial charge in [-0.2, -0.15) is 0 Å². The van der Waals surface area contributed by atoms with Crippen LogP contribution in [-0.2, 0) is 9.09 Å². The molecule has 11 heavy (non-hydrogen) atoms. The summed E-state index contributed by atoms with van der Waals surface area (Å²) < 4.78 is 15.7. The van der Waals surface area contributed by atoms with Crippen molar-refractivity contribution in [1.29, 1.82) is 0 Å². The molecular formula is C6H16NO3P. The van der Waals surface area contributed by atoms with Crippen LogP contribution < -0.4 is 5.32 Å². The molecule has 0 amide bonds. The SMILES string of the molecule is CCOP(=O)(O)CCCNC. The zero-order chi connectivity index (χ0) is 8.74. The van der Waals surface area contributed by atoms with Crippen LogP contribution in [0, 0.1) is 0 Å². The van der Waals surface area contributed by atoms with Crippen molar-refractivity contribution in [3.8, 4) is 0 Å². The van der Waals surface area contributed by atoms with Gasteiger partial charge in [0.1, 0.15) is 0 Å². The molecule has 4 nitrogen and oxygen atoms in total. The maximum Gasteiger partial charge on any atom is 0.328 e. The van der Waals surface area contributed by atoms with E-state index in [-0.39, 0.29) is 6.16 Å². The van der Waals surface area contributed by atoms with Crippen molar-refractivity contribution in [2.75, 3.05) is 26.4 Å². The highest BCUT2D eigenvalue weighted by molar-refractivity contribution is 7.52. The number of hydrogen-bond donors (Lipinski definition) is 2. The number of nitrogens with one attached hydrogen (secondary N) is 1. The topological polar surface area (TPSA) is 58.6 Å². The van der Waals surface area contributed by atoms with E-state index in [1.54, 1.807) is 6.92 Å². The van der Waals surface area contributed by atoms with Gasteiger partial charge in [0.05, 0.1) is 12.8 Å². The van der Waals surface area contributed by atoms with Crippen molar-refractivity contribution < 1.29 is 14.0 Å². The van der Waals surface area contributed by atoms with Gasteiger partial charge in [0, 0.05) is 0 Å². The molecular weight excluding hydrogens is 165 g/mol. The molecule has 1 unspecified atom stereocenters. The Labute approximate surface area is 67.5 Å². The third-order valence-electron chi connectivity index (χ3n) is 1.20. The van der Waals surface area contributed by atoms with Crippen LogP contribution >= 0.6 is 7.60 Å². The highest BCUT2D eigenvalue weighted by Gasteiger charge is 2.16. The minimum Gasteiger partial charge on any atom is -0.324 e. The van der Waals surface area contributed by atoms with Gasteiger partial charge in [0.15, 0.2) is 0 Å². The van der Waals surface area contributed by atoms with E-state index in [9.17, 15) is 4.57 Å². The summed E-state index contributed by atoms with van der Waals surface area (Å²) in [6.45, 7) is 2.76. The Bertz CT molecular complexity index is 140. The Morgan fingerprint density at radius 2 is 2.27 bits per heavy atom. The molecule has 0 bridgehead atoms. The van der Waals surface area contributed by atoms with Crippen molar-refractivity contribution >= 4 is 7.60 Å². The van der Waals surface area contributed by atoms with Gasteiger partial charge in [0.25, 0.3) is 0 Å². The molecule has 68 valence electrons. The molecule has 5 heteroatoms. The van der Waals surface area contributed by atoms with E-state index in [4.69, 9.17) is 4.89 Å². The second-order valence-corrected chi connectivity index (χ2v) is 4.22. The first-order valence-electron chi connectivity index (χ1n) is 3.73.